The van der Waals surface area contributed by atoms with Crippen molar-refractivity contribution in [3.8, 4) is 11.3 Å². The van der Waals surface area contributed by atoms with Crippen LogP contribution in [0.3, 0.4) is 0 Å². The Hall–Kier alpha value is -3.22. The van der Waals surface area contributed by atoms with E-state index in [2.05, 4.69) is 15.0 Å². The van der Waals surface area contributed by atoms with Crippen molar-refractivity contribution in [1.82, 2.24) is 24.4 Å². The first kappa shape index (κ1) is 18.2. The molecule has 1 aliphatic heterocycles. The molecule has 0 unspecified atom stereocenters. The van der Waals surface area contributed by atoms with Crippen molar-refractivity contribution in [2.75, 3.05) is 18.8 Å². The summed E-state index contributed by atoms with van der Waals surface area (Å²) in [7, 11) is 2.00. The molecule has 1 atom stereocenters. The van der Waals surface area contributed by atoms with E-state index in [0.29, 0.717) is 12.1 Å². The second-order valence-electron chi connectivity index (χ2n) is 7.32. The van der Waals surface area contributed by atoms with Gasteiger partial charge in [-0.25, -0.2) is 15.0 Å². The Balaban J connectivity index is 1.57. The number of amides is 1. The number of likely N-dealkylation sites (tertiary alicyclic amines) is 1. The minimum Gasteiger partial charge on any atom is -0.368 e. The number of imidazole rings is 1. The van der Waals surface area contributed by atoms with E-state index in [1.165, 1.54) is 0 Å². The van der Waals surface area contributed by atoms with E-state index in [9.17, 15) is 4.79 Å². The molecule has 7 nitrogen and oxygen atoms in total. The lowest BCUT2D eigenvalue weighted by Crippen LogP contribution is -2.39. The summed E-state index contributed by atoms with van der Waals surface area (Å²) in [4.78, 5) is 28.0. The molecule has 0 aliphatic carbocycles. The fraction of sp³-hybridized carbons (Fsp3) is 0.333. The Morgan fingerprint density at radius 3 is 2.86 bits per heavy atom. The molecule has 7 heteroatoms. The molecule has 1 aliphatic rings. The SMILES string of the molecule is Cc1cc(-c2cccc(C(=O)N3CCC[C@@H](c4nccn4C)C3)c2)nc(N)n1. The average molecular weight is 376 g/mol. The van der Waals surface area contributed by atoms with Crippen LogP contribution in [-0.4, -0.2) is 43.4 Å². The molecule has 2 N–H and O–H groups in total. The van der Waals surface area contributed by atoms with E-state index < -0.39 is 0 Å². The van der Waals surface area contributed by atoms with Gasteiger partial charge in [-0.15, -0.1) is 0 Å². The van der Waals surface area contributed by atoms with E-state index >= 15 is 0 Å². The predicted molar refractivity (Wildman–Crippen MR) is 108 cm³/mol. The molecule has 28 heavy (non-hydrogen) atoms. The molecular formula is C21H24N6O. The maximum atomic E-state index is 13.2. The van der Waals surface area contributed by atoms with Gasteiger partial charge >= 0.3 is 0 Å². The molecule has 1 fully saturated rings. The first-order valence-electron chi connectivity index (χ1n) is 9.49. The van der Waals surface area contributed by atoms with E-state index in [4.69, 9.17) is 5.73 Å². The average Bonchev–Trinajstić information content (AvgIpc) is 3.13. The Morgan fingerprint density at radius 1 is 1.25 bits per heavy atom. The van der Waals surface area contributed by atoms with Gasteiger partial charge in [-0.05, 0) is 38.0 Å². The van der Waals surface area contributed by atoms with E-state index in [1.54, 1.807) is 0 Å². The van der Waals surface area contributed by atoms with Crippen LogP contribution in [0.1, 0.15) is 40.6 Å². The summed E-state index contributed by atoms with van der Waals surface area (Å²) in [6.07, 6.45) is 5.79. The Kier molecular flexibility index (Phi) is 4.81. The predicted octanol–water partition coefficient (Wildman–Crippen LogP) is 2.79. The van der Waals surface area contributed by atoms with Gasteiger partial charge in [0.05, 0.1) is 5.69 Å². The molecule has 0 radical (unpaired) electrons. The van der Waals surface area contributed by atoms with Crippen LogP contribution >= 0.6 is 0 Å². The van der Waals surface area contributed by atoms with Crippen LogP contribution in [0.25, 0.3) is 11.3 Å². The molecule has 1 amide bonds. The van der Waals surface area contributed by atoms with Crippen molar-refractivity contribution in [1.29, 1.82) is 0 Å². The molecule has 0 bridgehead atoms. The largest absolute Gasteiger partial charge is 0.368 e. The number of nitrogen functional groups attached to an aromatic ring is 1. The summed E-state index contributed by atoms with van der Waals surface area (Å²) in [6, 6.07) is 9.43. The summed E-state index contributed by atoms with van der Waals surface area (Å²) in [5, 5.41) is 0. The number of rotatable bonds is 3. The Morgan fingerprint density at radius 2 is 2.11 bits per heavy atom. The Labute approximate surface area is 164 Å². The van der Waals surface area contributed by atoms with Crippen molar-refractivity contribution in [2.45, 2.75) is 25.7 Å². The number of aromatic nitrogens is 4. The van der Waals surface area contributed by atoms with Gasteiger partial charge in [0.1, 0.15) is 5.82 Å². The summed E-state index contributed by atoms with van der Waals surface area (Å²) in [5.74, 6) is 1.59. The van der Waals surface area contributed by atoms with Crippen LogP contribution in [-0.2, 0) is 7.05 Å². The van der Waals surface area contributed by atoms with Gasteiger partial charge < -0.3 is 15.2 Å². The molecule has 4 rings (SSSR count). The summed E-state index contributed by atoms with van der Waals surface area (Å²) in [5.41, 5.74) is 8.83. The summed E-state index contributed by atoms with van der Waals surface area (Å²) < 4.78 is 2.04. The van der Waals surface area contributed by atoms with Crippen LogP contribution in [0.5, 0.6) is 0 Å². The number of carbonyl (C=O) groups is 1. The van der Waals surface area contributed by atoms with Crippen molar-refractivity contribution in [3.63, 3.8) is 0 Å². The zero-order valence-corrected chi connectivity index (χ0v) is 16.2. The number of aryl methyl sites for hydroxylation is 2. The van der Waals surface area contributed by atoms with Crippen LogP contribution in [0.15, 0.2) is 42.7 Å². The van der Waals surface area contributed by atoms with Crippen molar-refractivity contribution in [3.05, 3.63) is 59.8 Å². The second kappa shape index (κ2) is 7.42. The van der Waals surface area contributed by atoms with Crippen LogP contribution in [0, 0.1) is 6.92 Å². The number of piperidine rings is 1. The number of anilines is 1. The number of hydrogen-bond donors (Lipinski definition) is 1. The highest BCUT2D eigenvalue weighted by Gasteiger charge is 2.27. The third-order valence-corrected chi connectivity index (χ3v) is 5.21. The summed E-state index contributed by atoms with van der Waals surface area (Å²) >= 11 is 0. The van der Waals surface area contributed by atoms with Gasteiger partial charge in [-0.3, -0.25) is 4.79 Å². The maximum Gasteiger partial charge on any atom is 0.253 e. The minimum atomic E-state index is 0.0412. The van der Waals surface area contributed by atoms with Crippen LogP contribution in [0.2, 0.25) is 0 Å². The molecule has 1 saturated heterocycles. The van der Waals surface area contributed by atoms with Gasteiger partial charge in [-0.2, -0.15) is 0 Å². The smallest absolute Gasteiger partial charge is 0.253 e. The minimum absolute atomic E-state index is 0.0412. The molecule has 2 aromatic heterocycles. The van der Waals surface area contributed by atoms with Crippen molar-refractivity contribution >= 4 is 11.9 Å². The fourth-order valence-corrected chi connectivity index (χ4v) is 3.88. The first-order chi connectivity index (χ1) is 13.5. The highest BCUT2D eigenvalue weighted by atomic mass is 16.2. The molecule has 1 aromatic carbocycles. The lowest BCUT2D eigenvalue weighted by Gasteiger charge is -2.32. The molecule has 144 valence electrons. The molecule has 0 saturated carbocycles. The lowest BCUT2D eigenvalue weighted by atomic mass is 9.96. The highest BCUT2D eigenvalue weighted by Crippen LogP contribution is 2.27. The van der Waals surface area contributed by atoms with Gasteiger partial charge in [0.15, 0.2) is 0 Å². The summed E-state index contributed by atoms with van der Waals surface area (Å²) in [6.45, 7) is 3.33. The second-order valence-corrected chi connectivity index (χ2v) is 7.32. The normalized spacial score (nSPS) is 16.9. The molecule has 3 heterocycles. The number of benzene rings is 1. The number of hydrogen-bond acceptors (Lipinski definition) is 5. The van der Waals surface area contributed by atoms with Crippen LogP contribution in [0.4, 0.5) is 5.95 Å². The number of carbonyl (C=O) groups excluding carboxylic acids is 1. The van der Waals surface area contributed by atoms with Crippen LogP contribution < -0.4 is 5.73 Å². The lowest BCUT2D eigenvalue weighted by molar-refractivity contribution is 0.0703. The molecular weight excluding hydrogens is 352 g/mol. The van der Waals surface area contributed by atoms with Gasteiger partial charge in [0.2, 0.25) is 5.95 Å². The standard InChI is InChI=1S/C21H24N6O/c1-14-11-18(25-21(22)24-14)15-5-3-6-16(12-15)20(28)27-9-4-7-17(13-27)19-23-8-10-26(19)2/h3,5-6,8,10-12,17H,4,7,9,13H2,1-2H3,(H2,22,24,25)/t17-/m1/s1. The quantitative estimate of drug-likeness (QED) is 0.759. The topological polar surface area (TPSA) is 89.9 Å². The maximum absolute atomic E-state index is 13.2. The van der Waals surface area contributed by atoms with E-state index in [0.717, 1.165) is 42.2 Å². The molecule has 0 spiro atoms. The monoisotopic (exact) mass is 376 g/mol. The van der Waals surface area contributed by atoms with E-state index in [1.807, 2.05) is 66.2 Å². The van der Waals surface area contributed by atoms with E-state index in [-0.39, 0.29) is 17.8 Å². The zero-order chi connectivity index (χ0) is 19.7. The number of nitrogens with two attached hydrogens (primary N) is 1. The van der Waals surface area contributed by atoms with Gasteiger partial charge in [0, 0.05) is 55.3 Å². The third-order valence-electron chi connectivity index (χ3n) is 5.21. The highest BCUT2D eigenvalue weighted by molar-refractivity contribution is 5.95. The third kappa shape index (κ3) is 3.60. The van der Waals surface area contributed by atoms with Crippen molar-refractivity contribution in [2.24, 2.45) is 7.05 Å². The van der Waals surface area contributed by atoms with Gasteiger partial charge in [-0.1, -0.05) is 12.1 Å². The Bertz CT molecular complexity index is 991. The fourth-order valence-electron chi connectivity index (χ4n) is 3.88. The molecule has 3 aromatic rings. The first-order valence-corrected chi connectivity index (χ1v) is 9.49. The zero-order valence-electron chi connectivity index (χ0n) is 16.2. The van der Waals surface area contributed by atoms with Gasteiger partial charge in [0.25, 0.3) is 5.91 Å². The number of nitrogens with zero attached hydrogens (tertiary/aromatic N) is 5. The van der Waals surface area contributed by atoms with Crippen molar-refractivity contribution < 1.29 is 4.79 Å².